The molecule has 1 aliphatic rings. The van der Waals surface area contributed by atoms with Gasteiger partial charge in [-0.1, -0.05) is 12.1 Å². The standard InChI is InChI=1S/C16H17N3O4/c1-10-13(15(20)22-3)14(18-16(21)19(10)2)11-4-6-12(7-5-11)23-9-8-17/h4-7,14H,9H2,1-3H3,(H,18,21)/t14-/m0/s1. The molecule has 0 fully saturated rings. The molecule has 0 aliphatic carbocycles. The van der Waals surface area contributed by atoms with Crippen molar-refractivity contribution in [3.8, 4) is 11.8 Å². The van der Waals surface area contributed by atoms with Crippen LogP contribution in [0, 0.1) is 11.3 Å². The van der Waals surface area contributed by atoms with E-state index >= 15 is 0 Å². The van der Waals surface area contributed by atoms with Crippen LogP contribution in [0.4, 0.5) is 4.79 Å². The van der Waals surface area contributed by atoms with Crippen LogP contribution in [0.5, 0.6) is 5.75 Å². The maximum absolute atomic E-state index is 12.1. The van der Waals surface area contributed by atoms with Crippen LogP contribution in [-0.2, 0) is 9.53 Å². The number of ether oxygens (including phenoxy) is 2. The number of esters is 1. The van der Waals surface area contributed by atoms with Crippen LogP contribution in [0.15, 0.2) is 35.5 Å². The molecule has 7 nitrogen and oxygen atoms in total. The minimum absolute atomic E-state index is 0.0449. The van der Waals surface area contributed by atoms with Gasteiger partial charge in [-0.25, -0.2) is 9.59 Å². The molecular formula is C16H17N3O4. The predicted molar refractivity (Wildman–Crippen MR) is 81.3 cm³/mol. The van der Waals surface area contributed by atoms with Gasteiger partial charge in [-0.3, -0.25) is 0 Å². The zero-order valence-electron chi connectivity index (χ0n) is 13.1. The third-order valence-corrected chi connectivity index (χ3v) is 3.68. The summed E-state index contributed by atoms with van der Waals surface area (Å²) >= 11 is 0. The van der Waals surface area contributed by atoms with Crippen LogP contribution >= 0.6 is 0 Å². The summed E-state index contributed by atoms with van der Waals surface area (Å²) in [5, 5.41) is 11.3. The number of amides is 2. The van der Waals surface area contributed by atoms with E-state index in [4.69, 9.17) is 14.7 Å². The Labute approximate surface area is 134 Å². The third-order valence-electron chi connectivity index (χ3n) is 3.68. The van der Waals surface area contributed by atoms with Crippen LogP contribution in [0.25, 0.3) is 0 Å². The van der Waals surface area contributed by atoms with Gasteiger partial charge in [0.05, 0.1) is 18.7 Å². The zero-order chi connectivity index (χ0) is 17.0. The minimum atomic E-state index is -0.601. The summed E-state index contributed by atoms with van der Waals surface area (Å²) in [6, 6.07) is 7.82. The molecule has 1 heterocycles. The molecule has 23 heavy (non-hydrogen) atoms. The maximum Gasteiger partial charge on any atom is 0.337 e. The molecule has 0 saturated heterocycles. The topological polar surface area (TPSA) is 91.7 Å². The van der Waals surface area contributed by atoms with Gasteiger partial charge in [-0.2, -0.15) is 5.26 Å². The first-order chi connectivity index (χ1) is 11.0. The van der Waals surface area contributed by atoms with Crippen molar-refractivity contribution >= 4 is 12.0 Å². The maximum atomic E-state index is 12.1. The molecule has 1 N–H and O–H groups in total. The summed E-state index contributed by atoms with van der Waals surface area (Å²) in [5.74, 6) is 0.0408. The Morgan fingerprint density at radius 3 is 2.61 bits per heavy atom. The molecule has 1 aromatic rings. The lowest BCUT2D eigenvalue weighted by atomic mass is 9.95. The number of methoxy groups -OCH3 is 1. The van der Waals surface area contributed by atoms with Crippen LogP contribution in [0.1, 0.15) is 18.5 Å². The van der Waals surface area contributed by atoms with Crippen LogP contribution in [0.3, 0.4) is 0 Å². The van der Waals surface area contributed by atoms with Crippen molar-refractivity contribution in [3.63, 3.8) is 0 Å². The van der Waals surface area contributed by atoms with E-state index in [1.807, 2.05) is 6.07 Å². The van der Waals surface area contributed by atoms with Crippen molar-refractivity contribution in [2.24, 2.45) is 0 Å². The second-order valence-corrected chi connectivity index (χ2v) is 4.95. The highest BCUT2D eigenvalue weighted by Crippen LogP contribution is 2.31. The normalized spacial score (nSPS) is 17.4. The van der Waals surface area contributed by atoms with Crippen LogP contribution in [-0.4, -0.2) is 37.7 Å². The number of hydrogen-bond donors (Lipinski definition) is 1. The van der Waals surface area contributed by atoms with E-state index < -0.39 is 12.0 Å². The summed E-state index contributed by atoms with van der Waals surface area (Å²) in [6.07, 6.45) is 0. The molecule has 1 aliphatic heterocycles. The Kier molecular flexibility index (Phi) is 4.86. The number of nitriles is 1. The molecule has 1 aromatic carbocycles. The Balaban J connectivity index is 2.37. The van der Waals surface area contributed by atoms with E-state index in [1.165, 1.54) is 12.0 Å². The molecular weight excluding hydrogens is 298 g/mol. The first kappa shape index (κ1) is 16.4. The molecule has 0 radical (unpaired) electrons. The molecule has 7 heteroatoms. The molecule has 0 unspecified atom stereocenters. The number of hydrogen-bond acceptors (Lipinski definition) is 5. The van der Waals surface area contributed by atoms with Gasteiger partial charge in [0.15, 0.2) is 6.61 Å². The Morgan fingerprint density at radius 1 is 1.39 bits per heavy atom. The fraction of sp³-hybridized carbons (Fsp3) is 0.312. The average molecular weight is 315 g/mol. The van der Waals surface area contributed by atoms with E-state index in [0.29, 0.717) is 17.0 Å². The minimum Gasteiger partial charge on any atom is -0.479 e. The van der Waals surface area contributed by atoms with Gasteiger partial charge in [0.2, 0.25) is 0 Å². The van der Waals surface area contributed by atoms with E-state index in [2.05, 4.69) is 5.32 Å². The molecule has 0 aromatic heterocycles. The van der Waals surface area contributed by atoms with Crippen molar-refractivity contribution in [1.82, 2.24) is 10.2 Å². The smallest absolute Gasteiger partial charge is 0.337 e. The van der Waals surface area contributed by atoms with Crippen molar-refractivity contribution in [2.45, 2.75) is 13.0 Å². The van der Waals surface area contributed by atoms with Gasteiger partial charge >= 0.3 is 12.0 Å². The van der Waals surface area contributed by atoms with Gasteiger partial charge < -0.3 is 19.7 Å². The molecule has 2 amide bonds. The number of benzene rings is 1. The van der Waals surface area contributed by atoms with Gasteiger partial charge in [-0.15, -0.1) is 0 Å². The summed E-state index contributed by atoms with van der Waals surface area (Å²) in [4.78, 5) is 25.5. The monoisotopic (exact) mass is 315 g/mol. The van der Waals surface area contributed by atoms with Crippen molar-refractivity contribution in [2.75, 3.05) is 20.8 Å². The average Bonchev–Trinajstić information content (AvgIpc) is 2.57. The van der Waals surface area contributed by atoms with E-state index in [9.17, 15) is 9.59 Å². The quantitative estimate of drug-likeness (QED) is 0.854. The summed E-state index contributed by atoms with van der Waals surface area (Å²) < 4.78 is 10.0. The number of allylic oxidation sites excluding steroid dienone is 1. The lowest BCUT2D eigenvalue weighted by molar-refractivity contribution is -0.136. The fourth-order valence-corrected chi connectivity index (χ4v) is 2.33. The second-order valence-electron chi connectivity index (χ2n) is 4.95. The van der Waals surface area contributed by atoms with Crippen LogP contribution < -0.4 is 10.1 Å². The number of carbonyl (C=O) groups excluding carboxylic acids is 2. The highest BCUT2D eigenvalue weighted by Gasteiger charge is 2.34. The largest absolute Gasteiger partial charge is 0.479 e. The molecule has 120 valence electrons. The van der Waals surface area contributed by atoms with Crippen molar-refractivity contribution in [1.29, 1.82) is 5.26 Å². The number of nitrogens with one attached hydrogen (secondary N) is 1. The molecule has 1 atom stereocenters. The zero-order valence-corrected chi connectivity index (χ0v) is 13.1. The van der Waals surface area contributed by atoms with E-state index in [-0.39, 0.29) is 12.6 Å². The lowest BCUT2D eigenvalue weighted by Crippen LogP contribution is -2.46. The predicted octanol–water partition coefficient (Wildman–Crippen LogP) is 1.73. The van der Waals surface area contributed by atoms with Gasteiger partial charge in [0.25, 0.3) is 0 Å². The summed E-state index contributed by atoms with van der Waals surface area (Å²) in [7, 11) is 2.89. The Bertz CT molecular complexity index is 688. The highest BCUT2D eigenvalue weighted by atomic mass is 16.5. The Morgan fingerprint density at radius 2 is 2.04 bits per heavy atom. The molecule has 0 saturated carbocycles. The van der Waals surface area contributed by atoms with Crippen molar-refractivity contribution < 1.29 is 19.1 Å². The van der Waals surface area contributed by atoms with E-state index in [1.54, 1.807) is 38.2 Å². The van der Waals surface area contributed by atoms with E-state index in [0.717, 1.165) is 5.56 Å². The summed E-state index contributed by atoms with van der Waals surface area (Å²) in [5.41, 5.74) is 1.63. The first-order valence-corrected chi connectivity index (χ1v) is 6.92. The number of carbonyl (C=O) groups is 2. The summed E-state index contributed by atoms with van der Waals surface area (Å²) in [6.45, 7) is 1.65. The SMILES string of the molecule is COC(=O)C1=C(C)N(C)C(=O)N[C@H]1c1ccc(OCC#N)cc1. The van der Waals surface area contributed by atoms with Gasteiger partial charge in [0, 0.05) is 12.7 Å². The first-order valence-electron chi connectivity index (χ1n) is 6.92. The highest BCUT2D eigenvalue weighted by molar-refractivity contribution is 5.94. The molecule has 2 rings (SSSR count). The second kappa shape index (κ2) is 6.83. The lowest BCUT2D eigenvalue weighted by Gasteiger charge is -2.33. The fourth-order valence-electron chi connectivity index (χ4n) is 2.33. The van der Waals surface area contributed by atoms with Crippen molar-refractivity contribution in [3.05, 3.63) is 41.1 Å². The number of urea groups is 1. The van der Waals surface area contributed by atoms with Gasteiger partial charge in [0.1, 0.15) is 11.8 Å². The van der Waals surface area contributed by atoms with Gasteiger partial charge in [-0.05, 0) is 24.6 Å². The third kappa shape index (κ3) is 3.26. The number of rotatable bonds is 4. The van der Waals surface area contributed by atoms with Crippen LogP contribution in [0.2, 0.25) is 0 Å². The Hall–Kier alpha value is -3.01. The number of nitrogens with zero attached hydrogens (tertiary/aromatic N) is 2. The molecule has 0 spiro atoms. The molecule has 0 bridgehead atoms.